The van der Waals surface area contributed by atoms with Crippen LogP contribution in [0, 0.1) is 0 Å². The Balaban J connectivity index is 1.45. The van der Waals surface area contributed by atoms with E-state index in [1.165, 1.54) is 11.0 Å². The summed E-state index contributed by atoms with van der Waals surface area (Å²) < 4.78 is 1.43. The van der Waals surface area contributed by atoms with Crippen molar-refractivity contribution in [1.82, 2.24) is 35.3 Å². The Morgan fingerprint density at radius 3 is 2.39 bits per heavy atom. The minimum absolute atomic E-state index is 0.0957. The van der Waals surface area contributed by atoms with Gasteiger partial charge in [0.15, 0.2) is 0 Å². The van der Waals surface area contributed by atoms with Gasteiger partial charge in [0.2, 0.25) is 5.91 Å². The summed E-state index contributed by atoms with van der Waals surface area (Å²) in [5.74, 6) is -0.0957. The van der Waals surface area contributed by atoms with Crippen LogP contribution in [0.3, 0.4) is 0 Å². The quantitative estimate of drug-likeness (QED) is 0.847. The number of hydrogen-bond donors (Lipinski definition) is 1. The highest BCUT2D eigenvalue weighted by atomic mass is 16.2. The number of carbonyl (C=O) groups excluding carboxylic acids is 2. The fourth-order valence-electron chi connectivity index (χ4n) is 3.11. The molecule has 2 aliphatic heterocycles. The average Bonchev–Trinajstić information content (AvgIpc) is 3.27. The molecule has 2 aliphatic rings. The third-order valence-electron chi connectivity index (χ3n) is 4.63. The second-order valence-electron chi connectivity index (χ2n) is 6.21. The molecule has 3 rings (SSSR count). The van der Waals surface area contributed by atoms with Gasteiger partial charge in [-0.05, 0) is 43.0 Å². The first-order chi connectivity index (χ1) is 11.1. The first kappa shape index (κ1) is 15.7. The molecule has 9 nitrogen and oxygen atoms in total. The number of nitrogens with one attached hydrogen (secondary N) is 1. The summed E-state index contributed by atoms with van der Waals surface area (Å²) in [7, 11) is 0. The van der Waals surface area contributed by atoms with Gasteiger partial charge in [-0.1, -0.05) is 0 Å². The molecular formula is C14H23N7O2. The second kappa shape index (κ2) is 6.93. The summed E-state index contributed by atoms with van der Waals surface area (Å²) in [5, 5.41) is 13.9. The van der Waals surface area contributed by atoms with Gasteiger partial charge in [-0.25, -0.2) is 9.48 Å². The lowest BCUT2D eigenvalue weighted by Crippen LogP contribution is -2.50. The number of tetrazole rings is 1. The van der Waals surface area contributed by atoms with Crippen LogP contribution in [-0.4, -0.2) is 74.2 Å². The number of amides is 3. The molecule has 9 heteroatoms. The second-order valence-corrected chi connectivity index (χ2v) is 6.21. The fourth-order valence-corrected chi connectivity index (χ4v) is 3.11. The molecular weight excluding hydrogens is 298 g/mol. The van der Waals surface area contributed by atoms with E-state index in [4.69, 9.17) is 0 Å². The number of hydrogen-bond acceptors (Lipinski definition) is 5. The van der Waals surface area contributed by atoms with Crippen LogP contribution in [0.5, 0.6) is 0 Å². The lowest BCUT2D eigenvalue weighted by Gasteiger charge is -2.35. The maximum absolute atomic E-state index is 12.3. The van der Waals surface area contributed by atoms with E-state index in [2.05, 4.69) is 20.8 Å². The third-order valence-corrected chi connectivity index (χ3v) is 4.63. The number of rotatable bonds is 3. The van der Waals surface area contributed by atoms with E-state index >= 15 is 0 Å². The maximum atomic E-state index is 12.3. The molecule has 1 aromatic heterocycles. The van der Waals surface area contributed by atoms with Crippen LogP contribution >= 0.6 is 0 Å². The summed E-state index contributed by atoms with van der Waals surface area (Å²) in [6.45, 7) is 4.90. The zero-order valence-electron chi connectivity index (χ0n) is 13.4. The van der Waals surface area contributed by atoms with Gasteiger partial charge in [0.25, 0.3) is 0 Å². The number of nitrogens with zero attached hydrogens (tertiary/aromatic N) is 6. The zero-order valence-corrected chi connectivity index (χ0v) is 13.4. The van der Waals surface area contributed by atoms with Gasteiger partial charge in [-0.2, -0.15) is 0 Å². The molecule has 2 fully saturated rings. The molecule has 126 valence electrons. The molecule has 1 aromatic rings. The van der Waals surface area contributed by atoms with Gasteiger partial charge in [-0.15, -0.1) is 5.10 Å². The van der Waals surface area contributed by atoms with Gasteiger partial charge in [0, 0.05) is 32.2 Å². The highest BCUT2D eigenvalue weighted by molar-refractivity contribution is 5.80. The van der Waals surface area contributed by atoms with E-state index in [0.29, 0.717) is 13.1 Å². The molecule has 0 aromatic carbocycles. The van der Waals surface area contributed by atoms with Gasteiger partial charge in [-0.3, -0.25) is 4.79 Å². The molecule has 1 atom stereocenters. The van der Waals surface area contributed by atoms with Crippen molar-refractivity contribution in [2.24, 2.45) is 0 Å². The molecule has 1 N–H and O–H groups in total. The Morgan fingerprint density at radius 1 is 1.13 bits per heavy atom. The Labute approximate surface area is 135 Å². The zero-order chi connectivity index (χ0) is 16.2. The van der Waals surface area contributed by atoms with E-state index in [9.17, 15) is 9.59 Å². The maximum Gasteiger partial charge on any atom is 0.319 e. The first-order valence-electron chi connectivity index (χ1n) is 8.22. The topological polar surface area (TPSA) is 96.2 Å². The average molecular weight is 321 g/mol. The van der Waals surface area contributed by atoms with Crippen molar-refractivity contribution in [2.75, 3.05) is 26.2 Å². The van der Waals surface area contributed by atoms with Crippen molar-refractivity contribution >= 4 is 11.9 Å². The predicted molar refractivity (Wildman–Crippen MR) is 81.5 cm³/mol. The minimum Gasteiger partial charge on any atom is -0.351 e. The van der Waals surface area contributed by atoms with Crippen LogP contribution in [0.2, 0.25) is 0 Å². The molecule has 0 radical (unpaired) electrons. The van der Waals surface area contributed by atoms with Crippen LogP contribution in [0.4, 0.5) is 4.79 Å². The summed E-state index contributed by atoms with van der Waals surface area (Å²) in [6, 6.07) is -0.187. The molecule has 23 heavy (non-hydrogen) atoms. The summed E-state index contributed by atoms with van der Waals surface area (Å²) in [4.78, 5) is 28.4. The Morgan fingerprint density at radius 2 is 1.78 bits per heavy atom. The lowest BCUT2D eigenvalue weighted by atomic mass is 10.0. The predicted octanol–water partition coefficient (Wildman–Crippen LogP) is 0.0305. The van der Waals surface area contributed by atoms with E-state index in [1.807, 2.05) is 9.80 Å². The number of aromatic nitrogens is 4. The van der Waals surface area contributed by atoms with Crippen molar-refractivity contribution in [3.63, 3.8) is 0 Å². The Kier molecular flexibility index (Phi) is 4.73. The van der Waals surface area contributed by atoms with E-state index in [-0.39, 0.29) is 18.0 Å². The van der Waals surface area contributed by atoms with Gasteiger partial charge >= 0.3 is 6.03 Å². The normalized spacial score (nSPS) is 20.6. The largest absolute Gasteiger partial charge is 0.351 e. The Bertz CT molecular complexity index is 533. The molecule has 0 saturated carbocycles. The molecule has 3 amide bonds. The summed E-state index contributed by atoms with van der Waals surface area (Å²) in [6.07, 6.45) is 5.21. The molecule has 2 saturated heterocycles. The molecule has 0 bridgehead atoms. The summed E-state index contributed by atoms with van der Waals surface area (Å²) >= 11 is 0. The standard InChI is InChI=1S/C14H23N7O2/c1-11(21-10-15-17-18-21)13(22)16-12-4-8-20(9-5-12)14(23)19-6-2-3-7-19/h10-12H,2-9H2,1H3,(H,16,22)/t11-/m0/s1. The highest BCUT2D eigenvalue weighted by Gasteiger charge is 2.29. The first-order valence-corrected chi connectivity index (χ1v) is 8.22. The fraction of sp³-hybridized carbons (Fsp3) is 0.786. The number of likely N-dealkylation sites (tertiary alicyclic amines) is 2. The molecule has 0 unspecified atom stereocenters. The van der Waals surface area contributed by atoms with Crippen molar-refractivity contribution < 1.29 is 9.59 Å². The van der Waals surface area contributed by atoms with Gasteiger partial charge in [0.05, 0.1) is 0 Å². The van der Waals surface area contributed by atoms with E-state index in [0.717, 1.165) is 38.8 Å². The highest BCUT2D eigenvalue weighted by Crippen LogP contribution is 2.16. The van der Waals surface area contributed by atoms with Crippen LogP contribution in [-0.2, 0) is 4.79 Å². The Hall–Kier alpha value is -2.19. The van der Waals surface area contributed by atoms with Crippen molar-refractivity contribution in [3.8, 4) is 0 Å². The summed E-state index contributed by atoms with van der Waals surface area (Å²) in [5.41, 5.74) is 0. The molecule has 0 aliphatic carbocycles. The number of piperidine rings is 1. The lowest BCUT2D eigenvalue weighted by molar-refractivity contribution is -0.125. The number of carbonyl (C=O) groups is 2. The molecule has 3 heterocycles. The van der Waals surface area contributed by atoms with Crippen LogP contribution in [0.1, 0.15) is 38.6 Å². The van der Waals surface area contributed by atoms with Crippen molar-refractivity contribution in [3.05, 3.63) is 6.33 Å². The third kappa shape index (κ3) is 3.59. The SMILES string of the molecule is C[C@@H](C(=O)NC1CCN(C(=O)N2CCCC2)CC1)n1cnnn1. The van der Waals surface area contributed by atoms with E-state index in [1.54, 1.807) is 6.92 Å². The smallest absolute Gasteiger partial charge is 0.319 e. The number of urea groups is 1. The van der Waals surface area contributed by atoms with Crippen molar-refractivity contribution in [2.45, 2.75) is 44.7 Å². The van der Waals surface area contributed by atoms with Crippen molar-refractivity contribution in [1.29, 1.82) is 0 Å². The van der Waals surface area contributed by atoms with Gasteiger partial charge < -0.3 is 15.1 Å². The monoisotopic (exact) mass is 321 g/mol. The van der Waals surface area contributed by atoms with Gasteiger partial charge in [0.1, 0.15) is 12.4 Å². The van der Waals surface area contributed by atoms with Crippen LogP contribution < -0.4 is 5.32 Å². The van der Waals surface area contributed by atoms with E-state index < -0.39 is 6.04 Å². The minimum atomic E-state index is -0.436. The van der Waals surface area contributed by atoms with Crippen LogP contribution in [0.25, 0.3) is 0 Å². The van der Waals surface area contributed by atoms with Crippen LogP contribution in [0.15, 0.2) is 6.33 Å². The molecule has 0 spiro atoms.